The van der Waals surface area contributed by atoms with Crippen LogP contribution in [0.3, 0.4) is 0 Å². The Kier molecular flexibility index (Phi) is 5.36. The molecule has 0 spiro atoms. The third kappa shape index (κ3) is 4.03. The Balaban J connectivity index is 1.81. The quantitative estimate of drug-likeness (QED) is 0.187. The Labute approximate surface area is 184 Å². The summed E-state index contributed by atoms with van der Waals surface area (Å²) in [6.07, 6.45) is 0. The molecular formula is C20H16N6O5S. The predicted octanol–water partition coefficient (Wildman–Crippen LogP) is 3.11. The van der Waals surface area contributed by atoms with Gasteiger partial charge in [-0.1, -0.05) is 17.8 Å². The van der Waals surface area contributed by atoms with E-state index in [1.54, 1.807) is 24.3 Å². The molecule has 11 nitrogen and oxygen atoms in total. The number of thioether (sulfide) groups is 1. The highest BCUT2D eigenvalue weighted by Crippen LogP contribution is 2.35. The number of nitro benzene ring substituents is 1. The maximum absolute atomic E-state index is 11.6. The van der Waals surface area contributed by atoms with E-state index in [1.165, 1.54) is 12.1 Å². The molecule has 2 aromatic heterocycles. The van der Waals surface area contributed by atoms with Crippen LogP contribution in [-0.2, 0) is 4.79 Å². The largest absolute Gasteiger partial charge is 0.481 e. The number of nitro groups is 1. The van der Waals surface area contributed by atoms with Crippen molar-refractivity contribution in [3.05, 3.63) is 57.8 Å². The number of carboxylic acid groups (broad SMARTS) is 1. The second-order valence-electron chi connectivity index (χ2n) is 6.93. The number of non-ortho nitro benzene ring substituents is 1. The van der Waals surface area contributed by atoms with Gasteiger partial charge in [0.05, 0.1) is 10.7 Å². The third-order valence-corrected chi connectivity index (χ3v) is 5.70. The van der Waals surface area contributed by atoms with E-state index in [0.29, 0.717) is 16.3 Å². The van der Waals surface area contributed by atoms with Crippen LogP contribution in [-0.4, -0.2) is 47.8 Å². The zero-order valence-electron chi connectivity index (χ0n) is 16.6. The molecule has 0 aliphatic carbocycles. The van der Waals surface area contributed by atoms with E-state index in [0.717, 1.165) is 33.8 Å². The standard InChI is InChI=1S/C20H16N6O5S/c1-9-13(2-3-15-14(9)7-16(22-15)18(21)29)10-4-11(6-12(5-10)26(30)31)19-23-20(25-24-19)32-8-17(27)28/h2-7,22H,8H2,1H3,(H2,21,29)(H,27,28)(H,23,24,25). The molecule has 12 heteroatoms. The number of fused-ring (bicyclic) bond motifs is 1. The van der Waals surface area contributed by atoms with Crippen molar-refractivity contribution in [1.82, 2.24) is 20.2 Å². The number of aromatic amines is 2. The number of carboxylic acids is 1. The zero-order valence-corrected chi connectivity index (χ0v) is 17.4. The molecule has 32 heavy (non-hydrogen) atoms. The molecule has 4 rings (SSSR count). The molecule has 0 bridgehead atoms. The van der Waals surface area contributed by atoms with E-state index in [9.17, 15) is 19.7 Å². The van der Waals surface area contributed by atoms with E-state index in [1.807, 2.05) is 6.92 Å². The number of rotatable bonds is 7. The first-order chi connectivity index (χ1) is 15.2. The Morgan fingerprint density at radius 3 is 2.59 bits per heavy atom. The van der Waals surface area contributed by atoms with E-state index < -0.39 is 16.8 Å². The zero-order chi connectivity index (χ0) is 23.0. The Morgan fingerprint density at radius 2 is 1.91 bits per heavy atom. The molecule has 0 atom stereocenters. The van der Waals surface area contributed by atoms with E-state index in [4.69, 9.17) is 10.8 Å². The van der Waals surface area contributed by atoms with Crippen LogP contribution in [0.4, 0.5) is 5.69 Å². The lowest BCUT2D eigenvalue weighted by Gasteiger charge is -2.09. The van der Waals surface area contributed by atoms with Crippen LogP contribution in [0.5, 0.6) is 0 Å². The van der Waals surface area contributed by atoms with Crippen molar-refractivity contribution in [2.45, 2.75) is 12.1 Å². The van der Waals surface area contributed by atoms with Gasteiger partial charge < -0.3 is 20.8 Å². The summed E-state index contributed by atoms with van der Waals surface area (Å²) >= 11 is 0.960. The second-order valence-corrected chi connectivity index (χ2v) is 7.90. The van der Waals surface area contributed by atoms with Crippen molar-refractivity contribution in [1.29, 1.82) is 0 Å². The summed E-state index contributed by atoms with van der Waals surface area (Å²) in [5, 5.41) is 29.3. The van der Waals surface area contributed by atoms with Crippen LogP contribution in [0, 0.1) is 17.0 Å². The van der Waals surface area contributed by atoms with Crippen LogP contribution in [0.25, 0.3) is 33.4 Å². The Bertz CT molecular complexity index is 1390. The number of hydrogen-bond acceptors (Lipinski definition) is 7. The summed E-state index contributed by atoms with van der Waals surface area (Å²) in [6, 6.07) is 9.78. The number of nitrogens with zero attached hydrogens (tertiary/aromatic N) is 3. The van der Waals surface area contributed by atoms with Gasteiger partial charge in [-0.3, -0.25) is 19.7 Å². The summed E-state index contributed by atoms with van der Waals surface area (Å²) in [5.74, 6) is -1.50. The molecule has 2 aromatic carbocycles. The first kappa shape index (κ1) is 21.1. The molecule has 0 saturated carbocycles. The number of aromatic nitrogens is 4. The number of H-pyrrole nitrogens is 2. The predicted molar refractivity (Wildman–Crippen MR) is 117 cm³/mol. The van der Waals surface area contributed by atoms with Crippen LogP contribution in [0.2, 0.25) is 0 Å². The fraction of sp³-hybridized carbons (Fsp3) is 0.100. The normalized spacial score (nSPS) is 11.0. The second kappa shape index (κ2) is 8.15. The van der Waals surface area contributed by atoms with Gasteiger partial charge in [-0.05, 0) is 41.8 Å². The number of amides is 1. The van der Waals surface area contributed by atoms with Crippen molar-refractivity contribution >= 4 is 40.2 Å². The molecule has 1 amide bonds. The number of aryl methyl sites for hydroxylation is 1. The average Bonchev–Trinajstić information content (AvgIpc) is 3.40. The first-order valence-electron chi connectivity index (χ1n) is 9.22. The smallest absolute Gasteiger partial charge is 0.313 e. The summed E-state index contributed by atoms with van der Waals surface area (Å²) in [5.41, 5.74) is 8.76. The number of nitrogens with one attached hydrogen (secondary N) is 2. The molecule has 2 heterocycles. The van der Waals surface area contributed by atoms with E-state index in [-0.39, 0.29) is 23.0 Å². The van der Waals surface area contributed by atoms with Gasteiger partial charge in [0, 0.05) is 28.6 Å². The van der Waals surface area contributed by atoms with Gasteiger partial charge in [-0.15, -0.1) is 10.2 Å². The SMILES string of the molecule is Cc1c(-c2cc(-c3nnc(SCC(=O)O)[nH]3)cc([N+](=O)[O-])c2)ccc2[nH]c(C(N)=O)cc12. The molecular weight excluding hydrogens is 436 g/mol. The number of aliphatic carboxylic acids is 1. The molecule has 0 radical (unpaired) electrons. The molecule has 4 aromatic rings. The monoisotopic (exact) mass is 452 g/mol. The number of nitrogens with two attached hydrogens (primary N) is 1. The maximum Gasteiger partial charge on any atom is 0.313 e. The number of benzene rings is 2. The van der Waals surface area contributed by atoms with Crippen molar-refractivity contribution in [3.63, 3.8) is 0 Å². The molecule has 0 aliphatic heterocycles. The van der Waals surface area contributed by atoms with Crippen LogP contribution >= 0.6 is 11.8 Å². The van der Waals surface area contributed by atoms with Gasteiger partial charge in [-0.2, -0.15) is 0 Å². The van der Waals surface area contributed by atoms with Gasteiger partial charge >= 0.3 is 5.97 Å². The Hall–Kier alpha value is -4.19. The minimum atomic E-state index is -0.999. The van der Waals surface area contributed by atoms with E-state index in [2.05, 4.69) is 20.2 Å². The van der Waals surface area contributed by atoms with Crippen molar-refractivity contribution in [3.8, 4) is 22.5 Å². The first-order valence-corrected chi connectivity index (χ1v) is 10.2. The van der Waals surface area contributed by atoms with E-state index >= 15 is 0 Å². The topological polar surface area (TPSA) is 181 Å². The minimum absolute atomic E-state index is 0.139. The van der Waals surface area contributed by atoms with Gasteiger partial charge in [0.1, 0.15) is 5.69 Å². The summed E-state index contributed by atoms with van der Waals surface area (Å²) < 4.78 is 0. The molecule has 0 saturated heterocycles. The molecule has 5 N–H and O–H groups in total. The summed E-state index contributed by atoms with van der Waals surface area (Å²) in [6.45, 7) is 1.85. The number of carbonyl (C=O) groups excluding carboxylic acids is 1. The van der Waals surface area contributed by atoms with Gasteiger partial charge in [-0.25, -0.2) is 0 Å². The highest BCUT2D eigenvalue weighted by Gasteiger charge is 2.18. The summed E-state index contributed by atoms with van der Waals surface area (Å²) in [7, 11) is 0. The lowest BCUT2D eigenvalue weighted by Crippen LogP contribution is -2.10. The van der Waals surface area contributed by atoms with Crippen LogP contribution in [0.15, 0.2) is 41.6 Å². The van der Waals surface area contributed by atoms with Gasteiger partial charge in [0.2, 0.25) is 0 Å². The average molecular weight is 452 g/mol. The van der Waals surface area contributed by atoms with Crippen molar-refractivity contribution < 1.29 is 19.6 Å². The Morgan fingerprint density at radius 1 is 1.16 bits per heavy atom. The maximum atomic E-state index is 11.6. The fourth-order valence-corrected chi connectivity index (χ4v) is 3.90. The molecule has 0 unspecified atom stereocenters. The lowest BCUT2D eigenvalue weighted by molar-refractivity contribution is -0.384. The van der Waals surface area contributed by atoms with Crippen molar-refractivity contribution in [2.24, 2.45) is 5.73 Å². The minimum Gasteiger partial charge on any atom is -0.481 e. The fourth-order valence-electron chi connectivity index (χ4n) is 3.37. The van der Waals surface area contributed by atoms with Gasteiger partial charge in [0.15, 0.2) is 11.0 Å². The van der Waals surface area contributed by atoms with Crippen LogP contribution < -0.4 is 5.73 Å². The number of carbonyl (C=O) groups is 2. The van der Waals surface area contributed by atoms with Crippen LogP contribution in [0.1, 0.15) is 16.1 Å². The molecule has 0 aliphatic rings. The van der Waals surface area contributed by atoms with Crippen molar-refractivity contribution in [2.75, 3.05) is 5.75 Å². The molecule has 162 valence electrons. The highest BCUT2D eigenvalue weighted by atomic mass is 32.2. The van der Waals surface area contributed by atoms with Gasteiger partial charge in [0.25, 0.3) is 11.6 Å². The molecule has 0 fully saturated rings. The number of hydrogen-bond donors (Lipinski definition) is 4. The summed E-state index contributed by atoms with van der Waals surface area (Å²) in [4.78, 5) is 39.2. The third-order valence-electron chi connectivity index (χ3n) is 4.85. The number of primary amides is 1. The highest BCUT2D eigenvalue weighted by molar-refractivity contribution is 7.99. The lowest BCUT2D eigenvalue weighted by atomic mass is 9.95.